The van der Waals surface area contributed by atoms with Crippen molar-refractivity contribution in [2.24, 2.45) is 0 Å². The molecule has 5 nitrogen and oxygen atoms in total. The van der Waals surface area contributed by atoms with Gasteiger partial charge in [-0.3, -0.25) is 9.59 Å². The molecule has 0 aliphatic rings. The van der Waals surface area contributed by atoms with Gasteiger partial charge in [0.1, 0.15) is 0 Å². The molecule has 1 aromatic rings. The summed E-state index contributed by atoms with van der Waals surface area (Å²) in [5, 5.41) is 0. The molecule has 1 rings (SSSR count). The minimum Gasteiger partial charge on any atom is -0.481 e. The van der Waals surface area contributed by atoms with Crippen LogP contribution in [0.4, 0.5) is 4.39 Å². The number of esters is 1. The van der Waals surface area contributed by atoms with Gasteiger partial charge in [-0.15, -0.1) is 0 Å². The molecule has 0 bridgehead atoms. The summed E-state index contributed by atoms with van der Waals surface area (Å²) in [7, 11) is 1.55. The van der Waals surface area contributed by atoms with Crippen molar-refractivity contribution in [1.29, 1.82) is 0 Å². The second-order valence-electron chi connectivity index (χ2n) is 4.09. The Balaban J connectivity index is 2.35. The molecule has 0 N–H and O–H groups in total. The molecule has 0 atom stereocenters. The summed E-state index contributed by atoms with van der Waals surface area (Å²) < 4.78 is 23.1. The second-order valence-corrected chi connectivity index (χ2v) is 4.09. The lowest BCUT2D eigenvalue weighted by molar-refractivity contribution is -0.144. The summed E-state index contributed by atoms with van der Waals surface area (Å²) in [6.45, 7) is 1.99. The van der Waals surface area contributed by atoms with Gasteiger partial charge in [0.2, 0.25) is 0 Å². The van der Waals surface area contributed by atoms with E-state index in [0.717, 1.165) is 0 Å². The van der Waals surface area contributed by atoms with Gasteiger partial charge in [-0.2, -0.15) is 0 Å². The van der Waals surface area contributed by atoms with Crippen molar-refractivity contribution in [2.75, 3.05) is 26.8 Å². The van der Waals surface area contributed by atoms with E-state index in [4.69, 9.17) is 9.47 Å². The number of hydrogen-bond acceptors (Lipinski definition) is 4. The van der Waals surface area contributed by atoms with Crippen LogP contribution >= 0.6 is 0 Å². The highest BCUT2D eigenvalue weighted by Crippen LogP contribution is 2.15. The van der Waals surface area contributed by atoms with E-state index >= 15 is 0 Å². The first-order valence-corrected chi connectivity index (χ1v) is 6.31. The molecule has 0 heterocycles. The topological polar surface area (TPSA) is 55.8 Å². The third-order valence-corrected chi connectivity index (χ3v) is 2.57. The van der Waals surface area contributed by atoms with Gasteiger partial charge in [0.05, 0.1) is 13.0 Å². The molecule has 6 heteroatoms. The zero-order chi connectivity index (χ0) is 15.0. The van der Waals surface area contributed by atoms with Crippen LogP contribution in [0.2, 0.25) is 0 Å². The highest BCUT2D eigenvalue weighted by molar-refractivity contribution is 5.78. The molecule has 0 saturated heterocycles. The maximum Gasteiger partial charge on any atom is 0.307 e. The summed E-state index contributed by atoms with van der Waals surface area (Å²) in [6.07, 6.45) is 0.121. The maximum absolute atomic E-state index is 13.3. The summed E-state index contributed by atoms with van der Waals surface area (Å²) in [5.74, 6) is -1.19. The predicted octanol–water partition coefficient (Wildman–Crippen LogP) is 1.62. The van der Waals surface area contributed by atoms with Gasteiger partial charge in [-0.25, -0.2) is 4.39 Å². The number of hydrogen-bond donors (Lipinski definition) is 0. The largest absolute Gasteiger partial charge is 0.481 e. The highest BCUT2D eigenvalue weighted by Gasteiger charge is 2.12. The lowest BCUT2D eigenvalue weighted by Gasteiger charge is -2.17. The van der Waals surface area contributed by atoms with Crippen LogP contribution in [0, 0.1) is 5.82 Å². The summed E-state index contributed by atoms with van der Waals surface area (Å²) in [5.41, 5.74) is 0. The second kappa shape index (κ2) is 8.14. The normalized spacial score (nSPS) is 9.95. The van der Waals surface area contributed by atoms with E-state index < -0.39 is 5.82 Å². The van der Waals surface area contributed by atoms with Crippen LogP contribution in [-0.4, -0.2) is 43.6 Å². The number of halogens is 1. The van der Waals surface area contributed by atoms with E-state index in [1.165, 1.54) is 23.1 Å². The molecule has 0 aliphatic carbocycles. The average molecular weight is 283 g/mol. The van der Waals surface area contributed by atoms with Crippen LogP contribution in [0.15, 0.2) is 24.3 Å². The molecule has 0 saturated carbocycles. The van der Waals surface area contributed by atoms with Crippen LogP contribution in [0.25, 0.3) is 0 Å². The summed E-state index contributed by atoms with van der Waals surface area (Å²) in [6, 6.07) is 5.86. The Labute approximate surface area is 117 Å². The van der Waals surface area contributed by atoms with Gasteiger partial charge < -0.3 is 14.4 Å². The number of likely N-dealkylation sites (N-methyl/N-ethyl adjacent to an activating group) is 1. The van der Waals surface area contributed by atoms with Gasteiger partial charge in [-0.1, -0.05) is 12.1 Å². The van der Waals surface area contributed by atoms with Crippen LogP contribution in [-0.2, 0) is 14.3 Å². The Morgan fingerprint density at radius 3 is 2.65 bits per heavy atom. The smallest absolute Gasteiger partial charge is 0.307 e. The molecular formula is C14H18FNO4. The third-order valence-electron chi connectivity index (χ3n) is 2.57. The standard InChI is InChI=1S/C14H18FNO4/c1-3-19-14(18)8-9-16(2)13(17)10-20-12-7-5-4-6-11(12)15/h4-7H,3,8-10H2,1-2H3. The average Bonchev–Trinajstić information content (AvgIpc) is 2.44. The molecule has 20 heavy (non-hydrogen) atoms. The Morgan fingerprint density at radius 2 is 2.00 bits per heavy atom. The summed E-state index contributed by atoms with van der Waals surface area (Å²) >= 11 is 0. The number of nitrogens with zero attached hydrogens (tertiary/aromatic N) is 1. The van der Waals surface area contributed by atoms with E-state index in [-0.39, 0.29) is 37.2 Å². The Hall–Kier alpha value is -2.11. The molecule has 0 aromatic heterocycles. The Bertz CT molecular complexity index is 464. The van der Waals surface area contributed by atoms with Crippen molar-refractivity contribution in [2.45, 2.75) is 13.3 Å². The molecule has 1 amide bonds. The number of rotatable bonds is 7. The molecule has 0 spiro atoms. The number of amides is 1. The Kier molecular flexibility index (Phi) is 6.49. The minimum absolute atomic E-state index is 0.0274. The van der Waals surface area contributed by atoms with E-state index in [1.54, 1.807) is 20.0 Å². The van der Waals surface area contributed by atoms with Gasteiger partial charge >= 0.3 is 5.97 Å². The first kappa shape index (κ1) is 15.9. The first-order chi connectivity index (χ1) is 9.54. The van der Waals surface area contributed by atoms with Gasteiger partial charge in [0.25, 0.3) is 5.91 Å². The highest BCUT2D eigenvalue weighted by atomic mass is 19.1. The molecular weight excluding hydrogens is 265 g/mol. The minimum atomic E-state index is -0.519. The van der Waals surface area contributed by atoms with Crippen molar-refractivity contribution >= 4 is 11.9 Å². The monoisotopic (exact) mass is 283 g/mol. The first-order valence-electron chi connectivity index (χ1n) is 6.31. The molecule has 110 valence electrons. The number of carbonyl (C=O) groups excluding carboxylic acids is 2. The molecule has 0 fully saturated rings. The van der Waals surface area contributed by atoms with Crippen LogP contribution in [0.1, 0.15) is 13.3 Å². The number of benzene rings is 1. The molecule has 0 radical (unpaired) electrons. The zero-order valence-electron chi connectivity index (χ0n) is 11.6. The van der Waals surface area contributed by atoms with Crippen molar-refractivity contribution in [1.82, 2.24) is 4.90 Å². The van der Waals surface area contributed by atoms with Crippen LogP contribution < -0.4 is 4.74 Å². The fourth-order valence-corrected chi connectivity index (χ4v) is 1.43. The molecule has 1 aromatic carbocycles. The van der Waals surface area contributed by atoms with Crippen molar-refractivity contribution in [3.63, 3.8) is 0 Å². The maximum atomic E-state index is 13.3. The number of ether oxygens (including phenoxy) is 2. The lowest BCUT2D eigenvalue weighted by Crippen LogP contribution is -2.33. The number of carbonyl (C=O) groups is 2. The van der Waals surface area contributed by atoms with Gasteiger partial charge in [0.15, 0.2) is 18.2 Å². The van der Waals surface area contributed by atoms with Gasteiger partial charge in [-0.05, 0) is 19.1 Å². The SMILES string of the molecule is CCOC(=O)CCN(C)C(=O)COc1ccccc1F. The van der Waals surface area contributed by atoms with Crippen molar-refractivity contribution in [3.8, 4) is 5.75 Å². The fourth-order valence-electron chi connectivity index (χ4n) is 1.43. The van der Waals surface area contributed by atoms with Crippen LogP contribution in [0.3, 0.4) is 0 Å². The fraction of sp³-hybridized carbons (Fsp3) is 0.429. The third kappa shape index (κ3) is 5.26. The van der Waals surface area contributed by atoms with E-state index in [0.29, 0.717) is 6.61 Å². The van der Waals surface area contributed by atoms with Crippen molar-refractivity contribution in [3.05, 3.63) is 30.1 Å². The van der Waals surface area contributed by atoms with E-state index in [1.807, 2.05) is 0 Å². The van der Waals surface area contributed by atoms with Crippen LogP contribution in [0.5, 0.6) is 5.75 Å². The van der Waals surface area contributed by atoms with E-state index in [2.05, 4.69) is 0 Å². The zero-order valence-corrected chi connectivity index (χ0v) is 11.6. The number of para-hydroxylation sites is 1. The Morgan fingerprint density at radius 1 is 1.30 bits per heavy atom. The quantitative estimate of drug-likeness (QED) is 0.713. The molecule has 0 unspecified atom stereocenters. The predicted molar refractivity (Wildman–Crippen MR) is 70.8 cm³/mol. The van der Waals surface area contributed by atoms with Gasteiger partial charge in [0, 0.05) is 13.6 Å². The summed E-state index contributed by atoms with van der Waals surface area (Å²) in [4.78, 5) is 24.2. The van der Waals surface area contributed by atoms with Crippen molar-refractivity contribution < 1.29 is 23.5 Å². The van der Waals surface area contributed by atoms with E-state index in [9.17, 15) is 14.0 Å². The lowest BCUT2D eigenvalue weighted by atomic mass is 10.3. The molecule has 0 aliphatic heterocycles.